The number of hydrogen-bond donors (Lipinski definition) is 0. The molecule has 0 saturated heterocycles. The third kappa shape index (κ3) is 26.0. The molecule has 0 aromatic rings. The van der Waals surface area contributed by atoms with Crippen molar-refractivity contribution in [2.75, 3.05) is 0 Å². The van der Waals surface area contributed by atoms with Crippen molar-refractivity contribution >= 4 is 0 Å². The third-order valence-corrected chi connectivity index (χ3v) is 6.15. The smallest absolute Gasteiger partial charge is 0.0391 e. The van der Waals surface area contributed by atoms with E-state index in [2.05, 4.69) is 55.4 Å². The molecular formula is C29H66. The monoisotopic (exact) mass is 415 g/mol. The summed E-state index contributed by atoms with van der Waals surface area (Å²) < 4.78 is 0. The van der Waals surface area contributed by atoms with Crippen molar-refractivity contribution in [2.24, 2.45) is 35.5 Å². The molecule has 0 radical (unpaired) electrons. The number of rotatable bonds is 6. The summed E-state index contributed by atoms with van der Waals surface area (Å²) in [4.78, 5) is 0. The molecule has 0 amide bonds. The minimum Gasteiger partial charge on any atom is -0.0683 e. The molecule has 2 aliphatic carbocycles. The van der Waals surface area contributed by atoms with E-state index in [-0.39, 0.29) is 0 Å². The normalized spacial score (nSPS) is 20.3. The summed E-state index contributed by atoms with van der Waals surface area (Å²) >= 11 is 0. The first-order chi connectivity index (χ1) is 13.8. The molecule has 0 spiro atoms. The lowest BCUT2D eigenvalue weighted by Gasteiger charge is -2.33. The highest BCUT2D eigenvalue weighted by Gasteiger charge is 2.24. The molecular weight excluding hydrogens is 348 g/mol. The van der Waals surface area contributed by atoms with Gasteiger partial charge in [-0.2, -0.15) is 0 Å². The van der Waals surface area contributed by atoms with E-state index >= 15 is 0 Å². The molecule has 0 nitrogen and oxygen atoms in total. The van der Waals surface area contributed by atoms with Gasteiger partial charge in [0.05, 0.1) is 0 Å². The van der Waals surface area contributed by atoms with Crippen LogP contribution in [0.15, 0.2) is 0 Å². The second kappa shape index (κ2) is 28.0. The summed E-state index contributed by atoms with van der Waals surface area (Å²) in [6, 6.07) is 0. The van der Waals surface area contributed by atoms with Gasteiger partial charge in [0.2, 0.25) is 0 Å². The van der Waals surface area contributed by atoms with Gasteiger partial charge in [-0.05, 0) is 48.3 Å². The highest BCUT2D eigenvalue weighted by Crippen LogP contribution is 2.37. The van der Waals surface area contributed by atoms with Gasteiger partial charge in [-0.15, -0.1) is 0 Å². The van der Waals surface area contributed by atoms with Crippen molar-refractivity contribution in [3.63, 3.8) is 0 Å². The summed E-state index contributed by atoms with van der Waals surface area (Å²) in [5, 5.41) is 0. The Kier molecular flexibility index (Phi) is 35.1. The van der Waals surface area contributed by atoms with Gasteiger partial charge in [-0.3, -0.25) is 0 Å². The average molecular weight is 415 g/mol. The highest BCUT2D eigenvalue weighted by molar-refractivity contribution is 4.76. The fraction of sp³-hybridized carbons (Fsp3) is 1.00. The van der Waals surface area contributed by atoms with Crippen molar-refractivity contribution in [3.05, 3.63) is 0 Å². The van der Waals surface area contributed by atoms with Gasteiger partial charge in [0, 0.05) is 0 Å². The summed E-state index contributed by atoms with van der Waals surface area (Å²) in [5.74, 6) is 6.02. The predicted octanol–water partition coefficient (Wildman–Crippen LogP) is 11.4. The van der Waals surface area contributed by atoms with Crippen molar-refractivity contribution in [3.8, 4) is 0 Å². The molecule has 0 aliphatic heterocycles. The molecule has 1 unspecified atom stereocenters. The maximum absolute atomic E-state index is 2.38. The Labute approximate surface area is 190 Å². The summed E-state index contributed by atoms with van der Waals surface area (Å²) in [5.41, 5.74) is 0. The van der Waals surface area contributed by atoms with Crippen molar-refractivity contribution in [1.29, 1.82) is 0 Å². The zero-order chi connectivity index (χ0) is 23.8. The summed E-state index contributed by atoms with van der Waals surface area (Å²) in [7, 11) is 0. The second-order valence-electron chi connectivity index (χ2n) is 9.27. The molecule has 0 bridgehead atoms. The Morgan fingerprint density at radius 2 is 1.14 bits per heavy atom. The molecule has 2 aliphatic rings. The van der Waals surface area contributed by atoms with Gasteiger partial charge in [-0.25, -0.2) is 0 Å². The van der Waals surface area contributed by atoms with E-state index in [1.807, 2.05) is 41.5 Å². The van der Waals surface area contributed by atoms with Gasteiger partial charge in [0.15, 0.2) is 0 Å². The SMILES string of the molecule is CC.CC.CC.CC(C)C1CCC1.CCC(C)C.CCC(C)CCC1CC(C)C1. The molecule has 0 aromatic heterocycles. The molecule has 0 aromatic carbocycles. The Morgan fingerprint density at radius 3 is 1.31 bits per heavy atom. The van der Waals surface area contributed by atoms with Crippen LogP contribution in [0.3, 0.4) is 0 Å². The van der Waals surface area contributed by atoms with Crippen LogP contribution < -0.4 is 0 Å². The third-order valence-electron chi connectivity index (χ3n) is 6.15. The summed E-state index contributed by atoms with van der Waals surface area (Å²) in [6.45, 7) is 30.3. The fourth-order valence-corrected chi connectivity index (χ4v) is 3.14. The topological polar surface area (TPSA) is 0 Å². The lowest BCUT2D eigenvalue weighted by atomic mass is 9.73. The van der Waals surface area contributed by atoms with E-state index in [9.17, 15) is 0 Å². The molecule has 2 fully saturated rings. The van der Waals surface area contributed by atoms with Crippen LogP contribution >= 0.6 is 0 Å². The molecule has 2 rings (SSSR count). The maximum atomic E-state index is 2.38. The Morgan fingerprint density at radius 1 is 0.724 bits per heavy atom. The molecule has 2 saturated carbocycles. The van der Waals surface area contributed by atoms with Crippen LogP contribution in [0.5, 0.6) is 0 Å². The van der Waals surface area contributed by atoms with Crippen molar-refractivity contribution in [2.45, 2.75) is 155 Å². The van der Waals surface area contributed by atoms with Crippen LogP contribution in [0.4, 0.5) is 0 Å². The first-order valence-corrected chi connectivity index (χ1v) is 13.8. The van der Waals surface area contributed by atoms with E-state index < -0.39 is 0 Å². The Balaban J connectivity index is -0.000000151. The maximum Gasteiger partial charge on any atom is -0.0391 e. The van der Waals surface area contributed by atoms with Crippen LogP contribution in [-0.2, 0) is 0 Å². The van der Waals surface area contributed by atoms with Gasteiger partial charge in [-0.1, -0.05) is 142 Å². The van der Waals surface area contributed by atoms with Crippen LogP contribution in [-0.4, -0.2) is 0 Å². The predicted molar refractivity (Wildman–Crippen MR) is 142 cm³/mol. The molecule has 0 N–H and O–H groups in total. The van der Waals surface area contributed by atoms with Crippen LogP contribution in [0, 0.1) is 35.5 Å². The lowest BCUT2D eigenvalue weighted by Crippen LogP contribution is -2.21. The van der Waals surface area contributed by atoms with Crippen LogP contribution in [0.25, 0.3) is 0 Å². The average Bonchev–Trinajstić information content (AvgIpc) is 2.68. The van der Waals surface area contributed by atoms with E-state index in [4.69, 9.17) is 0 Å². The number of hydrogen-bond acceptors (Lipinski definition) is 0. The van der Waals surface area contributed by atoms with Gasteiger partial charge < -0.3 is 0 Å². The Hall–Kier alpha value is 0. The standard InChI is InChI=1S/C11H22.C7H14.C5H12.3C2H6/c1-4-9(2)5-6-11-7-10(3)8-11;1-6(2)7-4-3-5-7;1-4-5(2)3;3*1-2/h9-11H,4-8H2,1-3H3;6-7H,3-5H2,1-2H3;5H,4H2,1-3H3;3*1-2H3. The lowest BCUT2D eigenvalue weighted by molar-refractivity contribution is 0.188. The molecule has 0 heteroatoms. The minimum absolute atomic E-state index is 0.884. The zero-order valence-electron chi connectivity index (χ0n) is 23.8. The van der Waals surface area contributed by atoms with Crippen LogP contribution in [0.2, 0.25) is 0 Å². The largest absolute Gasteiger partial charge is 0.0683 e. The van der Waals surface area contributed by atoms with Crippen LogP contribution in [0.1, 0.15) is 155 Å². The minimum atomic E-state index is 0.884. The van der Waals surface area contributed by atoms with Gasteiger partial charge in [0.25, 0.3) is 0 Å². The molecule has 0 heterocycles. The highest BCUT2D eigenvalue weighted by atomic mass is 14.3. The van der Waals surface area contributed by atoms with Crippen molar-refractivity contribution < 1.29 is 0 Å². The molecule has 29 heavy (non-hydrogen) atoms. The molecule has 1 atom stereocenters. The second-order valence-corrected chi connectivity index (χ2v) is 9.27. The van der Waals surface area contributed by atoms with E-state index in [1.54, 1.807) is 0 Å². The quantitative estimate of drug-likeness (QED) is 0.405. The van der Waals surface area contributed by atoms with Gasteiger partial charge >= 0.3 is 0 Å². The summed E-state index contributed by atoms with van der Waals surface area (Å²) in [6.07, 6.45) is 13.1. The first kappa shape index (κ1) is 36.4. The zero-order valence-corrected chi connectivity index (χ0v) is 23.8. The van der Waals surface area contributed by atoms with Gasteiger partial charge in [0.1, 0.15) is 0 Å². The molecule has 182 valence electrons. The fourth-order valence-electron chi connectivity index (χ4n) is 3.14. The first-order valence-electron chi connectivity index (χ1n) is 13.8. The van der Waals surface area contributed by atoms with E-state index in [1.165, 1.54) is 57.8 Å². The Bertz CT molecular complexity index is 243. The van der Waals surface area contributed by atoms with E-state index in [0.29, 0.717) is 0 Å². The van der Waals surface area contributed by atoms with Crippen molar-refractivity contribution in [1.82, 2.24) is 0 Å². The van der Waals surface area contributed by atoms with E-state index in [0.717, 1.165) is 35.5 Å².